The Morgan fingerprint density at radius 2 is 1.72 bits per heavy atom. The van der Waals surface area contributed by atoms with E-state index in [0.717, 1.165) is 23.3 Å². The van der Waals surface area contributed by atoms with E-state index in [1.165, 1.54) is 0 Å². The number of hydrogen-bond donors (Lipinski definition) is 1. The molecule has 6 nitrogen and oxygen atoms in total. The van der Waals surface area contributed by atoms with Crippen LogP contribution in [0.5, 0.6) is 11.5 Å². The fourth-order valence-electron chi connectivity index (χ4n) is 3.71. The van der Waals surface area contributed by atoms with Gasteiger partial charge in [-0.1, -0.05) is 43.6 Å². The van der Waals surface area contributed by atoms with Crippen LogP contribution < -0.4 is 14.8 Å². The largest absolute Gasteiger partial charge is 0.486 e. The average molecular weight is 459 g/mol. The van der Waals surface area contributed by atoms with Gasteiger partial charge in [0.05, 0.1) is 0 Å². The Hall–Kier alpha value is -2.73. The third kappa shape index (κ3) is 6.39. The highest BCUT2D eigenvalue weighted by atomic mass is 35.5. The van der Waals surface area contributed by atoms with E-state index in [0.29, 0.717) is 56.3 Å². The minimum absolute atomic E-state index is 0.0617. The predicted molar refractivity (Wildman–Crippen MR) is 125 cm³/mol. The Balaban J connectivity index is 1.73. The highest BCUT2D eigenvalue weighted by Gasteiger charge is 2.28. The molecule has 32 heavy (non-hydrogen) atoms. The minimum Gasteiger partial charge on any atom is -0.486 e. The molecule has 2 amide bonds. The smallest absolute Gasteiger partial charge is 0.242 e. The third-order valence-electron chi connectivity index (χ3n) is 5.44. The highest BCUT2D eigenvalue weighted by molar-refractivity contribution is 6.30. The van der Waals surface area contributed by atoms with Crippen LogP contribution in [0.15, 0.2) is 42.5 Å². The molecule has 0 spiro atoms. The maximum absolute atomic E-state index is 13.3. The molecule has 3 rings (SSSR count). The minimum atomic E-state index is -0.523. The molecule has 0 saturated heterocycles. The van der Waals surface area contributed by atoms with Gasteiger partial charge in [0.25, 0.3) is 0 Å². The van der Waals surface area contributed by atoms with Gasteiger partial charge < -0.3 is 19.7 Å². The van der Waals surface area contributed by atoms with Gasteiger partial charge in [0.15, 0.2) is 11.5 Å². The first-order chi connectivity index (χ1) is 15.5. The lowest BCUT2D eigenvalue weighted by atomic mass is 10.1. The number of benzene rings is 2. The summed E-state index contributed by atoms with van der Waals surface area (Å²) in [5, 5.41) is 3.57. The average Bonchev–Trinajstić information content (AvgIpc) is 2.82. The molecule has 0 aliphatic carbocycles. The Bertz CT molecular complexity index is 917. The molecule has 0 unspecified atom stereocenters. The van der Waals surface area contributed by atoms with Crippen molar-refractivity contribution in [2.24, 2.45) is 0 Å². The molecule has 1 N–H and O–H groups in total. The number of nitrogens with one attached hydrogen (secondary N) is 1. The van der Waals surface area contributed by atoms with Crippen molar-refractivity contribution in [3.05, 3.63) is 58.6 Å². The quantitative estimate of drug-likeness (QED) is 0.573. The van der Waals surface area contributed by atoms with E-state index in [1.54, 1.807) is 17.0 Å². The molecule has 1 aliphatic rings. The van der Waals surface area contributed by atoms with E-state index >= 15 is 0 Å². The van der Waals surface area contributed by atoms with Crippen molar-refractivity contribution in [1.29, 1.82) is 0 Å². The molecular weight excluding hydrogens is 428 g/mol. The number of fused-ring (bicyclic) bond motifs is 1. The Labute approximate surface area is 194 Å². The van der Waals surface area contributed by atoms with Crippen molar-refractivity contribution < 1.29 is 19.1 Å². The lowest BCUT2D eigenvalue weighted by Gasteiger charge is -2.31. The van der Waals surface area contributed by atoms with E-state index in [-0.39, 0.29) is 11.8 Å². The molecule has 0 fully saturated rings. The number of carbonyl (C=O) groups excluding carboxylic acids is 2. The van der Waals surface area contributed by atoms with Crippen LogP contribution in [0, 0.1) is 0 Å². The fourth-order valence-corrected chi connectivity index (χ4v) is 3.84. The fraction of sp³-hybridized carbons (Fsp3) is 0.440. The van der Waals surface area contributed by atoms with E-state index in [4.69, 9.17) is 21.1 Å². The van der Waals surface area contributed by atoms with Crippen LogP contribution >= 0.6 is 11.6 Å². The second-order valence-corrected chi connectivity index (χ2v) is 8.28. The number of hydrogen-bond acceptors (Lipinski definition) is 4. The molecule has 0 saturated carbocycles. The predicted octanol–water partition coefficient (Wildman–Crippen LogP) is 4.38. The van der Waals surface area contributed by atoms with Crippen LogP contribution in [0.25, 0.3) is 0 Å². The summed E-state index contributed by atoms with van der Waals surface area (Å²) in [5.74, 6) is 1.27. The van der Waals surface area contributed by atoms with Gasteiger partial charge in [-0.3, -0.25) is 9.59 Å². The van der Waals surface area contributed by atoms with Crippen molar-refractivity contribution in [1.82, 2.24) is 10.2 Å². The molecule has 0 bridgehead atoms. The number of halogens is 1. The molecule has 1 atom stereocenters. The highest BCUT2D eigenvalue weighted by Crippen LogP contribution is 2.31. The van der Waals surface area contributed by atoms with Crippen molar-refractivity contribution in [2.45, 2.75) is 52.1 Å². The number of ether oxygens (including phenoxy) is 2. The number of aryl methyl sites for hydroxylation is 1. The van der Waals surface area contributed by atoms with Crippen molar-refractivity contribution >= 4 is 23.4 Å². The molecule has 0 radical (unpaired) electrons. The summed E-state index contributed by atoms with van der Waals surface area (Å²) in [5.41, 5.74) is 1.93. The number of nitrogens with zero attached hydrogens (tertiary/aromatic N) is 1. The van der Waals surface area contributed by atoms with Gasteiger partial charge in [-0.15, -0.1) is 0 Å². The number of carbonyl (C=O) groups is 2. The van der Waals surface area contributed by atoms with Gasteiger partial charge in [0, 0.05) is 24.5 Å². The van der Waals surface area contributed by atoms with Gasteiger partial charge in [-0.05, 0) is 54.7 Å². The van der Waals surface area contributed by atoms with Crippen LogP contribution in [0.2, 0.25) is 5.02 Å². The van der Waals surface area contributed by atoms with E-state index in [2.05, 4.69) is 5.32 Å². The molecule has 172 valence electrons. The summed E-state index contributed by atoms with van der Waals surface area (Å²) in [7, 11) is 0. The van der Waals surface area contributed by atoms with Crippen molar-refractivity contribution in [3.8, 4) is 11.5 Å². The van der Waals surface area contributed by atoms with Gasteiger partial charge in [-0.25, -0.2) is 0 Å². The van der Waals surface area contributed by atoms with Gasteiger partial charge in [0.1, 0.15) is 19.3 Å². The molecule has 1 heterocycles. The summed E-state index contributed by atoms with van der Waals surface area (Å²) < 4.78 is 11.2. The van der Waals surface area contributed by atoms with Crippen LogP contribution in [0.4, 0.5) is 0 Å². The maximum Gasteiger partial charge on any atom is 0.242 e. The number of amides is 2. The molecule has 2 aromatic rings. The Morgan fingerprint density at radius 1 is 1.03 bits per heavy atom. The molecule has 0 aromatic heterocycles. The second-order valence-electron chi connectivity index (χ2n) is 7.84. The standard InChI is InChI=1S/C25H31ClN2O4/c1-3-13-27-25(30)21(4-2)28(17-19-5-9-20(26)10-6-19)24(29)12-8-18-7-11-22-23(16-18)32-15-14-31-22/h5-7,9-11,16,21H,3-4,8,12-15,17H2,1-2H3,(H,27,30)/t21-/m1/s1. The summed E-state index contributed by atoms with van der Waals surface area (Å²) >= 11 is 6.01. The first-order valence-corrected chi connectivity index (χ1v) is 11.6. The van der Waals surface area contributed by atoms with Crippen LogP contribution in [-0.4, -0.2) is 42.5 Å². The monoisotopic (exact) mass is 458 g/mol. The lowest BCUT2D eigenvalue weighted by Crippen LogP contribution is -2.49. The molecule has 7 heteroatoms. The molecule has 1 aliphatic heterocycles. The Kier molecular flexibility index (Phi) is 8.80. The first kappa shape index (κ1) is 23.9. The van der Waals surface area contributed by atoms with Gasteiger partial charge in [-0.2, -0.15) is 0 Å². The zero-order chi connectivity index (χ0) is 22.9. The van der Waals surface area contributed by atoms with Crippen molar-refractivity contribution in [2.75, 3.05) is 19.8 Å². The van der Waals surface area contributed by atoms with E-state index in [1.807, 2.05) is 44.2 Å². The maximum atomic E-state index is 13.3. The molecular formula is C25H31ClN2O4. The third-order valence-corrected chi connectivity index (χ3v) is 5.69. The van der Waals surface area contributed by atoms with Crippen molar-refractivity contribution in [3.63, 3.8) is 0 Å². The zero-order valence-electron chi connectivity index (χ0n) is 18.7. The van der Waals surface area contributed by atoms with Gasteiger partial charge >= 0.3 is 0 Å². The van der Waals surface area contributed by atoms with Crippen LogP contribution in [-0.2, 0) is 22.6 Å². The van der Waals surface area contributed by atoms with Crippen LogP contribution in [0.1, 0.15) is 44.2 Å². The van der Waals surface area contributed by atoms with E-state index in [9.17, 15) is 9.59 Å². The summed E-state index contributed by atoms with van der Waals surface area (Å²) in [6, 6.07) is 12.6. The Morgan fingerprint density at radius 3 is 2.41 bits per heavy atom. The first-order valence-electron chi connectivity index (χ1n) is 11.2. The SMILES string of the molecule is CCCNC(=O)[C@@H](CC)N(Cc1ccc(Cl)cc1)C(=O)CCc1ccc2c(c1)OCCO2. The van der Waals surface area contributed by atoms with Gasteiger partial charge in [0.2, 0.25) is 11.8 Å². The summed E-state index contributed by atoms with van der Waals surface area (Å²) in [4.78, 5) is 27.8. The van der Waals surface area contributed by atoms with E-state index < -0.39 is 6.04 Å². The topological polar surface area (TPSA) is 67.9 Å². The number of rotatable bonds is 10. The summed E-state index contributed by atoms with van der Waals surface area (Å²) in [6.45, 7) is 5.95. The van der Waals surface area contributed by atoms with Crippen LogP contribution in [0.3, 0.4) is 0 Å². The summed E-state index contributed by atoms with van der Waals surface area (Å²) in [6.07, 6.45) is 2.24. The second kappa shape index (κ2) is 11.8. The molecule has 2 aromatic carbocycles. The zero-order valence-corrected chi connectivity index (χ0v) is 19.5. The lowest BCUT2D eigenvalue weighted by molar-refractivity contribution is -0.141. The normalized spacial score (nSPS) is 13.3.